The van der Waals surface area contributed by atoms with Crippen LogP contribution >= 0.6 is 11.3 Å². The van der Waals surface area contributed by atoms with Gasteiger partial charge < -0.3 is 5.32 Å². The van der Waals surface area contributed by atoms with Crippen LogP contribution < -0.4 is 5.32 Å². The Morgan fingerprint density at radius 1 is 1.39 bits per heavy atom. The van der Waals surface area contributed by atoms with Crippen molar-refractivity contribution in [2.24, 2.45) is 11.8 Å². The standard InChI is InChI=1S/C14H23N3S/c1-17(8-13-9-18-10-16-13)7-6-15-14(11-2-3-11)12-4-5-12/h9-12,14-15H,2-8H2,1H3. The van der Waals surface area contributed by atoms with Crippen molar-refractivity contribution in [2.75, 3.05) is 20.1 Å². The van der Waals surface area contributed by atoms with E-state index < -0.39 is 0 Å². The summed E-state index contributed by atoms with van der Waals surface area (Å²) >= 11 is 1.68. The Morgan fingerprint density at radius 3 is 2.67 bits per heavy atom. The van der Waals surface area contributed by atoms with Gasteiger partial charge in [0.25, 0.3) is 0 Å². The lowest BCUT2D eigenvalue weighted by Gasteiger charge is -2.21. The van der Waals surface area contributed by atoms with E-state index in [1.165, 1.54) is 31.4 Å². The second-order valence-electron chi connectivity index (χ2n) is 5.87. The zero-order chi connectivity index (χ0) is 12.4. The van der Waals surface area contributed by atoms with E-state index in [1.807, 2.05) is 5.51 Å². The largest absolute Gasteiger partial charge is 0.312 e. The average molecular weight is 265 g/mol. The predicted molar refractivity (Wildman–Crippen MR) is 75.7 cm³/mol. The molecule has 2 aliphatic carbocycles. The lowest BCUT2D eigenvalue weighted by atomic mass is 10.1. The lowest BCUT2D eigenvalue weighted by molar-refractivity contribution is 0.303. The first-order valence-electron chi connectivity index (χ1n) is 7.12. The van der Waals surface area contributed by atoms with Crippen molar-refractivity contribution in [1.29, 1.82) is 0 Å². The molecule has 0 saturated heterocycles. The van der Waals surface area contributed by atoms with Gasteiger partial charge in [-0.15, -0.1) is 11.3 Å². The number of hydrogen-bond acceptors (Lipinski definition) is 4. The van der Waals surface area contributed by atoms with Crippen molar-refractivity contribution in [3.8, 4) is 0 Å². The first-order chi connectivity index (χ1) is 8.83. The highest BCUT2D eigenvalue weighted by atomic mass is 32.1. The van der Waals surface area contributed by atoms with Crippen molar-refractivity contribution in [1.82, 2.24) is 15.2 Å². The minimum Gasteiger partial charge on any atom is -0.312 e. The zero-order valence-electron chi connectivity index (χ0n) is 11.1. The second kappa shape index (κ2) is 5.68. The van der Waals surface area contributed by atoms with Crippen LogP contribution in [0.15, 0.2) is 10.9 Å². The molecule has 3 nitrogen and oxygen atoms in total. The maximum Gasteiger partial charge on any atom is 0.0795 e. The van der Waals surface area contributed by atoms with Gasteiger partial charge in [0.15, 0.2) is 0 Å². The van der Waals surface area contributed by atoms with E-state index in [2.05, 4.69) is 27.6 Å². The lowest BCUT2D eigenvalue weighted by Crippen LogP contribution is -2.38. The van der Waals surface area contributed by atoms with Crippen LogP contribution in [0.25, 0.3) is 0 Å². The highest BCUT2D eigenvalue weighted by Crippen LogP contribution is 2.44. The van der Waals surface area contributed by atoms with Gasteiger partial charge in [-0.05, 0) is 44.6 Å². The van der Waals surface area contributed by atoms with E-state index in [0.29, 0.717) is 0 Å². The third-order valence-corrected chi connectivity index (χ3v) is 4.68. The third kappa shape index (κ3) is 3.53. The summed E-state index contributed by atoms with van der Waals surface area (Å²) in [4.78, 5) is 6.69. The summed E-state index contributed by atoms with van der Waals surface area (Å²) < 4.78 is 0. The maximum atomic E-state index is 4.33. The minimum atomic E-state index is 0.831. The summed E-state index contributed by atoms with van der Waals surface area (Å²) in [5.41, 5.74) is 3.11. The van der Waals surface area contributed by atoms with Crippen LogP contribution in [0.3, 0.4) is 0 Å². The molecular weight excluding hydrogens is 242 g/mol. The Bertz CT molecular complexity index is 345. The molecule has 0 amide bonds. The summed E-state index contributed by atoms with van der Waals surface area (Å²) in [5.74, 6) is 2.00. The maximum absolute atomic E-state index is 4.33. The van der Waals surface area contributed by atoms with Gasteiger partial charge >= 0.3 is 0 Å². The van der Waals surface area contributed by atoms with E-state index in [9.17, 15) is 0 Å². The van der Waals surface area contributed by atoms with Crippen LogP contribution in [0.5, 0.6) is 0 Å². The van der Waals surface area contributed by atoms with E-state index >= 15 is 0 Å². The van der Waals surface area contributed by atoms with Gasteiger partial charge in [0.05, 0.1) is 11.2 Å². The van der Waals surface area contributed by atoms with E-state index in [1.54, 1.807) is 11.3 Å². The molecule has 0 spiro atoms. The molecule has 2 aliphatic rings. The topological polar surface area (TPSA) is 28.2 Å². The molecule has 1 aromatic rings. The van der Waals surface area contributed by atoms with Crippen LogP contribution in [-0.4, -0.2) is 36.1 Å². The molecule has 0 aliphatic heterocycles. The van der Waals surface area contributed by atoms with Crippen LogP contribution in [0.1, 0.15) is 31.4 Å². The van der Waals surface area contributed by atoms with E-state index in [0.717, 1.165) is 37.5 Å². The van der Waals surface area contributed by atoms with E-state index in [4.69, 9.17) is 0 Å². The zero-order valence-corrected chi connectivity index (χ0v) is 12.0. The molecule has 2 saturated carbocycles. The van der Waals surface area contributed by atoms with Gasteiger partial charge in [-0.1, -0.05) is 0 Å². The SMILES string of the molecule is CN(CCNC(C1CC1)C1CC1)Cc1cscn1. The summed E-state index contributed by atoms with van der Waals surface area (Å²) in [5, 5.41) is 5.93. The fourth-order valence-corrected chi connectivity index (χ4v) is 3.27. The predicted octanol–water partition coefficient (Wildman–Crippen LogP) is 2.35. The number of rotatable bonds is 8. The monoisotopic (exact) mass is 265 g/mol. The van der Waals surface area contributed by atoms with Crippen molar-refractivity contribution < 1.29 is 0 Å². The minimum absolute atomic E-state index is 0.831. The molecule has 2 fully saturated rings. The average Bonchev–Trinajstić information content (AvgIpc) is 3.27. The first-order valence-corrected chi connectivity index (χ1v) is 8.06. The molecule has 0 aromatic carbocycles. The first kappa shape index (κ1) is 12.6. The number of nitrogens with one attached hydrogen (secondary N) is 1. The summed E-state index contributed by atoms with van der Waals surface area (Å²) in [6.07, 6.45) is 5.84. The number of hydrogen-bond donors (Lipinski definition) is 1. The smallest absolute Gasteiger partial charge is 0.0795 e. The summed E-state index contributed by atoms with van der Waals surface area (Å²) in [7, 11) is 2.18. The van der Waals surface area contributed by atoms with Gasteiger partial charge in [0.2, 0.25) is 0 Å². The van der Waals surface area contributed by atoms with Crippen molar-refractivity contribution in [3.05, 3.63) is 16.6 Å². The van der Waals surface area contributed by atoms with Gasteiger partial charge in [-0.2, -0.15) is 0 Å². The Kier molecular flexibility index (Phi) is 3.97. The number of aromatic nitrogens is 1. The molecular formula is C14H23N3S. The van der Waals surface area contributed by atoms with Gasteiger partial charge in [-0.3, -0.25) is 4.90 Å². The summed E-state index contributed by atoms with van der Waals surface area (Å²) in [6.45, 7) is 3.22. The molecule has 100 valence electrons. The highest BCUT2D eigenvalue weighted by Gasteiger charge is 2.40. The van der Waals surface area contributed by atoms with Crippen molar-refractivity contribution in [2.45, 2.75) is 38.3 Å². The van der Waals surface area contributed by atoms with Crippen molar-refractivity contribution >= 4 is 11.3 Å². The van der Waals surface area contributed by atoms with Gasteiger partial charge in [0.1, 0.15) is 0 Å². The van der Waals surface area contributed by atoms with Crippen molar-refractivity contribution in [3.63, 3.8) is 0 Å². The highest BCUT2D eigenvalue weighted by molar-refractivity contribution is 7.07. The number of nitrogens with zero attached hydrogens (tertiary/aromatic N) is 2. The van der Waals surface area contributed by atoms with Gasteiger partial charge in [-0.25, -0.2) is 4.98 Å². The molecule has 3 rings (SSSR count). The molecule has 0 radical (unpaired) electrons. The number of thiazole rings is 1. The quantitative estimate of drug-likeness (QED) is 0.782. The molecule has 1 N–H and O–H groups in total. The Morgan fingerprint density at radius 2 is 2.11 bits per heavy atom. The fourth-order valence-electron chi connectivity index (χ4n) is 2.72. The molecule has 0 atom stereocenters. The third-order valence-electron chi connectivity index (χ3n) is 4.05. The molecule has 18 heavy (non-hydrogen) atoms. The van der Waals surface area contributed by atoms with E-state index in [-0.39, 0.29) is 0 Å². The van der Waals surface area contributed by atoms with Crippen LogP contribution in [0.2, 0.25) is 0 Å². The summed E-state index contributed by atoms with van der Waals surface area (Å²) in [6, 6.07) is 0.831. The Hall–Kier alpha value is -0.450. The van der Waals surface area contributed by atoms with Crippen LogP contribution in [0, 0.1) is 11.8 Å². The molecule has 0 unspecified atom stereocenters. The molecule has 1 aromatic heterocycles. The Balaban J connectivity index is 1.35. The number of likely N-dealkylation sites (N-methyl/N-ethyl adjacent to an activating group) is 1. The second-order valence-corrected chi connectivity index (χ2v) is 6.59. The molecule has 4 heteroatoms. The van der Waals surface area contributed by atoms with Crippen LogP contribution in [0.4, 0.5) is 0 Å². The normalized spacial score (nSPS) is 19.9. The Labute approximate surface area is 114 Å². The fraction of sp³-hybridized carbons (Fsp3) is 0.786. The molecule has 0 bridgehead atoms. The molecule has 1 heterocycles. The van der Waals surface area contributed by atoms with Gasteiger partial charge in [0, 0.05) is 31.1 Å². The van der Waals surface area contributed by atoms with Crippen LogP contribution in [-0.2, 0) is 6.54 Å².